The maximum atomic E-state index is 12.1. The van der Waals surface area contributed by atoms with E-state index in [0.717, 1.165) is 35.5 Å². The van der Waals surface area contributed by atoms with E-state index in [1.165, 1.54) is 0 Å². The summed E-state index contributed by atoms with van der Waals surface area (Å²) in [5.74, 6) is -0.176. The second-order valence-electron chi connectivity index (χ2n) is 6.83. The number of benzene rings is 2. The van der Waals surface area contributed by atoms with Crippen LogP contribution < -0.4 is 15.5 Å². The van der Waals surface area contributed by atoms with Crippen molar-refractivity contribution >= 4 is 40.6 Å². The van der Waals surface area contributed by atoms with Crippen LogP contribution in [0.15, 0.2) is 42.5 Å². The molecule has 1 amide bonds. The minimum Gasteiger partial charge on any atom is -0.462 e. The Bertz CT molecular complexity index is 929. The molecule has 2 aromatic carbocycles. The van der Waals surface area contributed by atoms with Crippen LogP contribution in [0.25, 0.3) is 0 Å². The van der Waals surface area contributed by atoms with Crippen molar-refractivity contribution in [3.8, 4) is 0 Å². The summed E-state index contributed by atoms with van der Waals surface area (Å²) in [7, 11) is 0. The van der Waals surface area contributed by atoms with Gasteiger partial charge < -0.3 is 20.3 Å². The third kappa shape index (κ3) is 5.12. The maximum absolute atomic E-state index is 12.1. The highest BCUT2D eigenvalue weighted by Crippen LogP contribution is 2.22. The van der Waals surface area contributed by atoms with Crippen LogP contribution in [0, 0.1) is 6.92 Å². The van der Waals surface area contributed by atoms with Crippen LogP contribution in [0.5, 0.6) is 0 Å². The second kappa shape index (κ2) is 9.52. The molecule has 0 bridgehead atoms. The van der Waals surface area contributed by atoms with E-state index in [9.17, 15) is 9.59 Å². The first-order valence-electron chi connectivity index (χ1n) is 9.70. The number of nitrogens with one attached hydrogen (secondary N) is 2. The predicted octanol–water partition coefficient (Wildman–Crippen LogP) is 3.79. The quantitative estimate of drug-likeness (QED) is 0.557. The smallest absolute Gasteiger partial charge is 0.338 e. The van der Waals surface area contributed by atoms with Crippen LogP contribution in [-0.2, 0) is 16.1 Å². The lowest BCUT2D eigenvalue weighted by molar-refractivity contribution is -0.117. The van der Waals surface area contributed by atoms with Gasteiger partial charge in [0.1, 0.15) is 0 Å². The van der Waals surface area contributed by atoms with Crippen molar-refractivity contribution in [2.24, 2.45) is 0 Å². The zero-order valence-corrected chi connectivity index (χ0v) is 17.5. The first-order chi connectivity index (χ1) is 14.0. The van der Waals surface area contributed by atoms with Gasteiger partial charge in [-0.1, -0.05) is 18.2 Å². The number of amides is 1. The van der Waals surface area contributed by atoms with E-state index in [-0.39, 0.29) is 11.9 Å². The Kier molecular flexibility index (Phi) is 6.82. The van der Waals surface area contributed by atoms with Crippen molar-refractivity contribution in [3.63, 3.8) is 0 Å². The number of nitrogens with zero attached hydrogens (tertiary/aromatic N) is 1. The van der Waals surface area contributed by atoms with Crippen LogP contribution >= 0.6 is 12.2 Å². The zero-order chi connectivity index (χ0) is 20.8. The van der Waals surface area contributed by atoms with Gasteiger partial charge in [0.25, 0.3) is 0 Å². The molecule has 3 rings (SSSR count). The highest BCUT2D eigenvalue weighted by molar-refractivity contribution is 7.80. The number of rotatable bonds is 6. The number of carbonyl (C=O) groups excluding carboxylic acids is 2. The van der Waals surface area contributed by atoms with Gasteiger partial charge in [-0.3, -0.25) is 4.79 Å². The molecule has 0 aliphatic carbocycles. The lowest BCUT2D eigenvalue weighted by atomic mass is 10.1. The van der Waals surface area contributed by atoms with Crippen molar-refractivity contribution in [1.82, 2.24) is 5.32 Å². The number of thiocarbonyl (C=S) groups is 1. The van der Waals surface area contributed by atoms with E-state index < -0.39 is 0 Å². The SMILES string of the molecule is CCOC(=O)c1cccc(NC(=S)NCc2cccc(N3CCCC3=O)c2)c1C. The average Bonchev–Trinajstić information content (AvgIpc) is 3.14. The molecule has 0 aromatic heterocycles. The number of ether oxygens (including phenoxy) is 1. The molecule has 152 valence electrons. The molecule has 7 heteroatoms. The van der Waals surface area contributed by atoms with Crippen molar-refractivity contribution < 1.29 is 14.3 Å². The first-order valence-corrected chi connectivity index (χ1v) is 10.1. The number of anilines is 2. The topological polar surface area (TPSA) is 70.7 Å². The lowest BCUT2D eigenvalue weighted by Gasteiger charge is -2.17. The maximum Gasteiger partial charge on any atom is 0.338 e. The van der Waals surface area contributed by atoms with Crippen molar-refractivity contribution in [2.45, 2.75) is 33.2 Å². The normalized spacial score (nSPS) is 13.3. The minimum absolute atomic E-state index is 0.171. The highest BCUT2D eigenvalue weighted by Gasteiger charge is 2.21. The summed E-state index contributed by atoms with van der Waals surface area (Å²) in [4.78, 5) is 25.8. The van der Waals surface area contributed by atoms with Gasteiger partial charge in [0, 0.05) is 30.9 Å². The van der Waals surface area contributed by atoms with Crippen LogP contribution in [0.2, 0.25) is 0 Å². The molecular weight excluding hydrogens is 386 g/mol. The van der Waals surface area contributed by atoms with Crippen molar-refractivity contribution in [3.05, 3.63) is 59.2 Å². The van der Waals surface area contributed by atoms with Crippen LogP contribution in [0.3, 0.4) is 0 Å². The summed E-state index contributed by atoms with van der Waals surface area (Å²) in [5, 5.41) is 6.78. The standard InChI is InChI=1S/C22H25N3O3S/c1-3-28-21(27)18-9-5-10-19(15(18)2)24-22(29)23-14-16-7-4-8-17(13-16)25-12-6-11-20(25)26/h4-5,7-10,13H,3,6,11-12,14H2,1-2H3,(H2,23,24,29). The fourth-order valence-corrected chi connectivity index (χ4v) is 3.49. The molecule has 1 aliphatic heterocycles. The number of esters is 1. The van der Waals surface area contributed by atoms with E-state index in [1.54, 1.807) is 19.1 Å². The van der Waals surface area contributed by atoms with Gasteiger partial charge in [-0.05, 0) is 67.9 Å². The molecule has 0 spiro atoms. The Morgan fingerprint density at radius 1 is 1.24 bits per heavy atom. The molecule has 0 radical (unpaired) electrons. The molecule has 0 saturated carbocycles. The van der Waals surface area contributed by atoms with E-state index in [1.807, 2.05) is 42.2 Å². The van der Waals surface area contributed by atoms with Gasteiger partial charge in [0.05, 0.1) is 12.2 Å². The van der Waals surface area contributed by atoms with E-state index in [2.05, 4.69) is 10.6 Å². The third-order valence-corrected chi connectivity index (χ3v) is 5.07. The zero-order valence-electron chi connectivity index (χ0n) is 16.7. The fraction of sp³-hybridized carbons (Fsp3) is 0.318. The van der Waals surface area contributed by atoms with Crippen LogP contribution in [-0.4, -0.2) is 30.1 Å². The molecule has 1 aliphatic rings. The predicted molar refractivity (Wildman–Crippen MR) is 118 cm³/mol. The highest BCUT2D eigenvalue weighted by atomic mass is 32.1. The molecule has 1 saturated heterocycles. The largest absolute Gasteiger partial charge is 0.462 e. The van der Waals surface area contributed by atoms with Gasteiger partial charge in [0.15, 0.2) is 5.11 Å². The van der Waals surface area contributed by atoms with Crippen molar-refractivity contribution in [1.29, 1.82) is 0 Å². The van der Waals surface area contributed by atoms with Gasteiger partial charge in [-0.25, -0.2) is 4.79 Å². The summed E-state index contributed by atoms with van der Waals surface area (Å²) >= 11 is 5.41. The molecule has 0 unspecified atom stereocenters. The van der Waals surface area contributed by atoms with Gasteiger partial charge in [0.2, 0.25) is 5.91 Å². The van der Waals surface area contributed by atoms with E-state index in [4.69, 9.17) is 17.0 Å². The fourth-order valence-electron chi connectivity index (χ4n) is 3.31. The number of hydrogen-bond donors (Lipinski definition) is 2. The van der Waals surface area contributed by atoms with Crippen LogP contribution in [0.4, 0.5) is 11.4 Å². The monoisotopic (exact) mass is 411 g/mol. The van der Waals surface area contributed by atoms with E-state index >= 15 is 0 Å². The summed E-state index contributed by atoms with van der Waals surface area (Å²) in [5.41, 5.74) is 4.00. The third-order valence-electron chi connectivity index (χ3n) is 4.83. The Hall–Kier alpha value is -2.93. The molecule has 1 heterocycles. The molecule has 6 nitrogen and oxygen atoms in total. The summed E-state index contributed by atoms with van der Waals surface area (Å²) in [6.45, 7) is 5.26. The summed E-state index contributed by atoms with van der Waals surface area (Å²) in [6.07, 6.45) is 1.51. The lowest BCUT2D eigenvalue weighted by Crippen LogP contribution is -2.28. The Labute approximate surface area is 176 Å². The van der Waals surface area contributed by atoms with Gasteiger partial charge >= 0.3 is 5.97 Å². The van der Waals surface area contributed by atoms with Crippen molar-refractivity contribution in [2.75, 3.05) is 23.4 Å². The van der Waals surface area contributed by atoms with E-state index in [0.29, 0.717) is 30.2 Å². The van der Waals surface area contributed by atoms with Gasteiger partial charge in [-0.2, -0.15) is 0 Å². The number of carbonyl (C=O) groups is 2. The summed E-state index contributed by atoms with van der Waals surface area (Å²) in [6, 6.07) is 13.3. The molecule has 2 N–H and O–H groups in total. The molecule has 2 aromatic rings. The Morgan fingerprint density at radius 2 is 2.03 bits per heavy atom. The van der Waals surface area contributed by atoms with Crippen LogP contribution in [0.1, 0.15) is 41.3 Å². The summed E-state index contributed by atoms with van der Waals surface area (Å²) < 4.78 is 5.09. The molecule has 1 fully saturated rings. The first kappa shape index (κ1) is 20.8. The molecule has 29 heavy (non-hydrogen) atoms. The Balaban J connectivity index is 1.61. The molecule has 0 atom stereocenters. The molecular formula is C22H25N3O3S. The Morgan fingerprint density at radius 3 is 2.76 bits per heavy atom. The number of hydrogen-bond acceptors (Lipinski definition) is 4. The average molecular weight is 412 g/mol. The van der Waals surface area contributed by atoms with Gasteiger partial charge in [-0.15, -0.1) is 0 Å². The minimum atomic E-state index is -0.346. The second-order valence-corrected chi connectivity index (χ2v) is 7.23.